The van der Waals surface area contributed by atoms with E-state index < -0.39 is 0 Å². The summed E-state index contributed by atoms with van der Waals surface area (Å²) in [6.07, 6.45) is 2.40. The average molecular weight is 479 g/mol. The Balaban J connectivity index is 0.00000338. The Morgan fingerprint density at radius 1 is 1.31 bits per heavy atom. The number of methoxy groups -OCH3 is 1. The summed E-state index contributed by atoms with van der Waals surface area (Å²) in [7, 11) is 1.57. The van der Waals surface area contributed by atoms with Crippen LogP contribution in [0.4, 0.5) is 4.39 Å². The molecule has 0 aliphatic carbocycles. The molecule has 1 saturated heterocycles. The minimum Gasteiger partial charge on any atom is -0.380 e. The molecule has 0 spiro atoms. The summed E-state index contributed by atoms with van der Waals surface area (Å²) >= 11 is 0. The standard InChI is InChI=1S/C19H30FN3O2.HI/c1-4-21-19(23-10-8-17(9-11-23)25-5-2)22-13-15-6-7-18(20)16(12-15)14-24-3;/h6-7,12,17H,4-5,8-11,13-14H2,1-3H3,(H,21,22);1H. The van der Waals surface area contributed by atoms with Crippen LogP contribution in [-0.4, -0.2) is 50.3 Å². The predicted molar refractivity (Wildman–Crippen MR) is 114 cm³/mol. The summed E-state index contributed by atoms with van der Waals surface area (Å²) in [4.78, 5) is 7.01. The number of aliphatic imine (C=N–C) groups is 1. The molecule has 1 aliphatic heterocycles. The first-order valence-electron chi connectivity index (χ1n) is 9.09. The normalized spacial score (nSPS) is 15.7. The second-order valence-corrected chi connectivity index (χ2v) is 6.17. The molecule has 5 nitrogen and oxygen atoms in total. The third-order valence-electron chi connectivity index (χ3n) is 4.30. The molecule has 0 aromatic heterocycles. The average Bonchev–Trinajstić information content (AvgIpc) is 2.62. The van der Waals surface area contributed by atoms with Crippen LogP contribution in [-0.2, 0) is 22.6 Å². The van der Waals surface area contributed by atoms with Gasteiger partial charge < -0.3 is 19.7 Å². The van der Waals surface area contributed by atoms with Crippen molar-refractivity contribution in [2.24, 2.45) is 4.99 Å². The van der Waals surface area contributed by atoms with Crippen LogP contribution < -0.4 is 5.32 Å². The third kappa shape index (κ3) is 7.00. The van der Waals surface area contributed by atoms with Gasteiger partial charge in [-0.25, -0.2) is 9.38 Å². The maximum atomic E-state index is 13.7. The molecule has 26 heavy (non-hydrogen) atoms. The van der Waals surface area contributed by atoms with Crippen LogP contribution in [0, 0.1) is 5.82 Å². The first kappa shape index (κ1) is 23.1. The lowest BCUT2D eigenvalue weighted by molar-refractivity contribution is 0.0263. The molecule has 1 aliphatic rings. The molecular weight excluding hydrogens is 448 g/mol. The lowest BCUT2D eigenvalue weighted by Gasteiger charge is -2.34. The number of halogens is 2. The van der Waals surface area contributed by atoms with Crippen LogP contribution in [0.25, 0.3) is 0 Å². The highest BCUT2D eigenvalue weighted by molar-refractivity contribution is 14.0. The first-order chi connectivity index (χ1) is 12.2. The van der Waals surface area contributed by atoms with E-state index >= 15 is 0 Å². The summed E-state index contributed by atoms with van der Waals surface area (Å²) in [5.41, 5.74) is 1.55. The molecule has 1 heterocycles. The third-order valence-corrected chi connectivity index (χ3v) is 4.30. The van der Waals surface area contributed by atoms with Crippen molar-refractivity contribution in [2.45, 2.75) is 45.9 Å². The van der Waals surface area contributed by atoms with Gasteiger partial charge in [-0.15, -0.1) is 24.0 Å². The van der Waals surface area contributed by atoms with Gasteiger partial charge in [0.25, 0.3) is 0 Å². The smallest absolute Gasteiger partial charge is 0.194 e. The highest BCUT2D eigenvalue weighted by Gasteiger charge is 2.21. The monoisotopic (exact) mass is 479 g/mol. The van der Waals surface area contributed by atoms with E-state index in [2.05, 4.69) is 17.1 Å². The molecule has 0 bridgehead atoms. The molecule has 148 valence electrons. The number of guanidine groups is 1. The van der Waals surface area contributed by atoms with Crippen LogP contribution in [0.15, 0.2) is 23.2 Å². The van der Waals surface area contributed by atoms with Crippen molar-refractivity contribution in [3.8, 4) is 0 Å². The number of nitrogens with one attached hydrogen (secondary N) is 1. The maximum absolute atomic E-state index is 13.7. The largest absolute Gasteiger partial charge is 0.380 e. The van der Waals surface area contributed by atoms with Crippen LogP contribution in [0.2, 0.25) is 0 Å². The fourth-order valence-electron chi connectivity index (χ4n) is 3.05. The van der Waals surface area contributed by atoms with Crippen LogP contribution in [0.1, 0.15) is 37.8 Å². The minimum atomic E-state index is -0.237. The number of hydrogen-bond donors (Lipinski definition) is 1. The van der Waals surface area contributed by atoms with Crippen LogP contribution in [0.3, 0.4) is 0 Å². The van der Waals surface area contributed by atoms with E-state index in [1.807, 2.05) is 13.0 Å². The first-order valence-corrected chi connectivity index (χ1v) is 9.09. The highest BCUT2D eigenvalue weighted by atomic mass is 127. The van der Waals surface area contributed by atoms with E-state index in [1.54, 1.807) is 13.2 Å². The SMILES string of the molecule is CCNC(=NCc1ccc(F)c(COC)c1)N1CCC(OCC)CC1.I. The molecule has 1 N–H and O–H groups in total. The van der Waals surface area contributed by atoms with E-state index in [0.717, 1.165) is 50.6 Å². The molecule has 0 atom stereocenters. The summed E-state index contributed by atoms with van der Waals surface area (Å²) in [5, 5.41) is 3.36. The van der Waals surface area contributed by atoms with Gasteiger partial charge in [-0.1, -0.05) is 6.07 Å². The topological polar surface area (TPSA) is 46.1 Å². The highest BCUT2D eigenvalue weighted by Crippen LogP contribution is 2.15. The summed E-state index contributed by atoms with van der Waals surface area (Å²) < 4.78 is 24.5. The molecule has 0 radical (unpaired) electrons. The maximum Gasteiger partial charge on any atom is 0.194 e. The van der Waals surface area contributed by atoms with Gasteiger partial charge >= 0.3 is 0 Å². The summed E-state index contributed by atoms with van der Waals surface area (Å²) in [5.74, 6) is 0.676. The van der Waals surface area contributed by atoms with Gasteiger partial charge in [0.2, 0.25) is 0 Å². The van der Waals surface area contributed by atoms with Crippen molar-refractivity contribution in [2.75, 3.05) is 33.4 Å². The van der Waals surface area contributed by atoms with E-state index in [-0.39, 0.29) is 36.4 Å². The Kier molecular flexibility index (Phi) is 11.1. The Bertz CT molecular complexity index is 564. The van der Waals surface area contributed by atoms with Crippen molar-refractivity contribution in [1.82, 2.24) is 10.2 Å². The van der Waals surface area contributed by atoms with E-state index in [9.17, 15) is 4.39 Å². The van der Waals surface area contributed by atoms with Crippen molar-refractivity contribution in [1.29, 1.82) is 0 Å². The van der Waals surface area contributed by atoms with Crippen molar-refractivity contribution >= 4 is 29.9 Å². The molecule has 0 unspecified atom stereocenters. The van der Waals surface area contributed by atoms with Gasteiger partial charge in [-0.05, 0) is 44.4 Å². The van der Waals surface area contributed by atoms with Crippen LogP contribution >= 0.6 is 24.0 Å². The molecule has 0 saturated carbocycles. The lowest BCUT2D eigenvalue weighted by atomic mass is 10.1. The van der Waals surface area contributed by atoms with Crippen molar-refractivity contribution in [3.05, 3.63) is 35.1 Å². The van der Waals surface area contributed by atoms with Crippen molar-refractivity contribution in [3.63, 3.8) is 0 Å². The zero-order chi connectivity index (χ0) is 18.1. The Morgan fingerprint density at radius 3 is 2.65 bits per heavy atom. The Hall–Kier alpha value is -0.930. The quantitative estimate of drug-likeness (QED) is 0.369. The minimum absolute atomic E-state index is 0. The fraction of sp³-hybridized carbons (Fsp3) is 0.632. The second kappa shape index (κ2) is 12.5. The number of hydrogen-bond acceptors (Lipinski definition) is 3. The summed E-state index contributed by atoms with van der Waals surface area (Å²) in [6.45, 7) is 8.37. The molecule has 0 amide bonds. The molecule has 1 aromatic carbocycles. The predicted octanol–water partition coefficient (Wildman–Crippen LogP) is 3.56. The van der Waals surface area contributed by atoms with Gasteiger partial charge in [0.15, 0.2) is 5.96 Å². The van der Waals surface area contributed by atoms with Gasteiger partial charge in [0.05, 0.1) is 19.3 Å². The van der Waals surface area contributed by atoms with E-state index in [0.29, 0.717) is 18.2 Å². The zero-order valence-corrected chi connectivity index (χ0v) is 18.3. The van der Waals surface area contributed by atoms with E-state index in [4.69, 9.17) is 14.5 Å². The number of piperidine rings is 1. The molecule has 7 heteroatoms. The summed E-state index contributed by atoms with van der Waals surface area (Å²) in [6, 6.07) is 5.09. The number of benzene rings is 1. The van der Waals surface area contributed by atoms with Gasteiger partial charge in [-0.2, -0.15) is 0 Å². The number of likely N-dealkylation sites (tertiary alicyclic amines) is 1. The molecule has 1 aromatic rings. The molecular formula is C19H31FIN3O2. The molecule has 1 fully saturated rings. The van der Waals surface area contributed by atoms with E-state index in [1.165, 1.54) is 6.07 Å². The van der Waals surface area contributed by atoms with Gasteiger partial charge in [0.1, 0.15) is 5.82 Å². The fourth-order valence-corrected chi connectivity index (χ4v) is 3.05. The zero-order valence-electron chi connectivity index (χ0n) is 16.0. The second-order valence-electron chi connectivity index (χ2n) is 6.17. The number of rotatable bonds is 7. The number of nitrogens with zero attached hydrogens (tertiary/aromatic N) is 2. The van der Waals surface area contributed by atoms with Crippen molar-refractivity contribution < 1.29 is 13.9 Å². The lowest BCUT2D eigenvalue weighted by Crippen LogP contribution is -2.47. The Labute approximate surface area is 173 Å². The number of ether oxygens (including phenoxy) is 2. The van der Waals surface area contributed by atoms with Crippen LogP contribution in [0.5, 0.6) is 0 Å². The Morgan fingerprint density at radius 2 is 2.04 bits per heavy atom. The molecule has 2 rings (SSSR count). The van der Waals surface area contributed by atoms with Gasteiger partial charge in [-0.3, -0.25) is 0 Å². The van der Waals surface area contributed by atoms with Gasteiger partial charge in [0, 0.05) is 38.9 Å².